The van der Waals surface area contributed by atoms with Crippen LogP contribution in [0.15, 0.2) is 158 Å². The van der Waals surface area contributed by atoms with Crippen molar-refractivity contribution in [2.75, 3.05) is 0 Å². The fourth-order valence-electron chi connectivity index (χ4n) is 9.65. The molecule has 10 aromatic rings. The highest BCUT2D eigenvalue weighted by Gasteiger charge is 2.23. The van der Waals surface area contributed by atoms with Crippen LogP contribution in [0, 0.1) is 0 Å². The summed E-state index contributed by atoms with van der Waals surface area (Å²) in [5, 5.41) is 4.99. The monoisotopic (exact) mass is 716 g/mol. The number of benzene rings is 7. The zero-order valence-corrected chi connectivity index (χ0v) is 30.8. The van der Waals surface area contributed by atoms with Crippen molar-refractivity contribution in [3.8, 4) is 33.8 Å². The lowest BCUT2D eigenvalue weighted by molar-refractivity contribution is 0.908. The number of allylic oxidation sites excluding steroid dienone is 2. The zero-order valence-electron chi connectivity index (χ0n) is 30.8. The predicted octanol–water partition coefficient (Wildman–Crippen LogP) is 13.1. The number of rotatable bonds is 4. The fourth-order valence-corrected chi connectivity index (χ4v) is 9.65. The van der Waals surface area contributed by atoms with Gasteiger partial charge in [-0.05, 0) is 103 Å². The predicted molar refractivity (Wildman–Crippen MR) is 234 cm³/mol. The van der Waals surface area contributed by atoms with Crippen LogP contribution in [-0.2, 0) is 12.8 Å². The van der Waals surface area contributed by atoms with Crippen molar-refractivity contribution < 1.29 is 0 Å². The summed E-state index contributed by atoms with van der Waals surface area (Å²) in [4.78, 5) is 10.5. The molecule has 0 aliphatic heterocycles. The van der Waals surface area contributed by atoms with E-state index in [1.807, 2.05) is 6.20 Å². The molecule has 0 saturated carbocycles. The van der Waals surface area contributed by atoms with E-state index < -0.39 is 0 Å². The van der Waals surface area contributed by atoms with Gasteiger partial charge in [0.2, 0.25) is 0 Å². The van der Waals surface area contributed by atoms with Gasteiger partial charge in [0.05, 0.1) is 45.0 Å². The molecular formula is C52H36N4. The Labute approximate surface area is 324 Å². The molecule has 56 heavy (non-hydrogen) atoms. The molecule has 3 heterocycles. The van der Waals surface area contributed by atoms with Crippen LogP contribution in [0.4, 0.5) is 0 Å². The Morgan fingerprint density at radius 3 is 1.93 bits per heavy atom. The molecule has 0 spiro atoms. The van der Waals surface area contributed by atoms with Crippen LogP contribution in [0.5, 0.6) is 0 Å². The maximum atomic E-state index is 5.38. The van der Waals surface area contributed by atoms with E-state index in [1.54, 1.807) is 0 Å². The summed E-state index contributed by atoms with van der Waals surface area (Å²) in [6, 6.07) is 50.8. The van der Waals surface area contributed by atoms with Crippen LogP contribution < -0.4 is 0 Å². The first-order chi connectivity index (χ1) is 27.8. The van der Waals surface area contributed by atoms with Crippen molar-refractivity contribution >= 4 is 66.8 Å². The van der Waals surface area contributed by atoms with Gasteiger partial charge in [0.15, 0.2) is 0 Å². The van der Waals surface area contributed by atoms with Crippen LogP contribution in [0.25, 0.3) is 101 Å². The van der Waals surface area contributed by atoms with Crippen molar-refractivity contribution in [1.29, 1.82) is 0 Å². The first kappa shape index (κ1) is 31.3. The third-order valence-electron chi connectivity index (χ3n) is 12.1. The van der Waals surface area contributed by atoms with Gasteiger partial charge in [-0.3, -0.25) is 4.98 Å². The molecule has 0 fully saturated rings. The van der Waals surface area contributed by atoms with Crippen molar-refractivity contribution in [2.45, 2.75) is 25.7 Å². The Morgan fingerprint density at radius 2 is 1.11 bits per heavy atom. The van der Waals surface area contributed by atoms with Gasteiger partial charge in [-0.2, -0.15) is 0 Å². The van der Waals surface area contributed by atoms with E-state index in [1.165, 1.54) is 82.7 Å². The third kappa shape index (κ3) is 4.59. The Kier molecular flexibility index (Phi) is 6.85. The van der Waals surface area contributed by atoms with E-state index in [-0.39, 0.29) is 0 Å². The van der Waals surface area contributed by atoms with Gasteiger partial charge in [-0.15, -0.1) is 0 Å². The first-order valence-electron chi connectivity index (χ1n) is 19.7. The molecule has 0 radical (unpaired) electrons. The number of nitrogens with zero attached hydrogens (tertiary/aromatic N) is 4. The molecule has 3 aromatic heterocycles. The van der Waals surface area contributed by atoms with Crippen LogP contribution in [-0.4, -0.2) is 19.1 Å². The summed E-state index contributed by atoms with van der Waals surface area (Å²) in [6.45, 7) is 0. The second-order valence-electron chi connectivity index (χ2n) is 15.1. The highest BCUT2D eigenvalue weighted by molar-refractivity contribution is 6.17. The van der Waals surface area contributed by atoms with Gasteiger partial charge in [0.25, 0.3) is 0 Å². The standard InChI is InChI=1S/C52H36N4/c1-2-15-35(16-3-1)55-46-25-10-8-20-40(46)44-31-33(28-29-48(44)55)37-24-13-27-49-50(37)43-23-9-11-26-47(43)56(49)36-17-12-14-34(30-36)45-32-53-51-41-21-6-4-18-38(41)39-19-5-7-22-42(39)52(51)54-45/h1-3,6-17,20-32H,4-5,18-19H2. The van der Waals surface area contributed by atoms with Crippen molar-refractivity contribution in [2.24, 2.45) is 0 Å². The SMILES string of the molecule is C1=Cc2c(c3c(c4nc(-c5cccc(-n6c7ccccc7c7c(-c8ccc9c(c8)c8ccccc8n9-c8ccccc8)cccc76)c5)cnc24)C=CCC3)CC1. The van der Waals surface area contributed by atoms with Crippen LogP contribution in [0.2, 0.25) is 0 Å². The van der Waals surface area contributed by atoms with Gasteiger partial charge in [-0.25, -0.2) is 4.98 Å². The number of para-hydroxylation sites is 3. The molecule has 4 nitrogen and oxygen atoms in total. The van der Waals surface area contributed by atoms with E-state index in [4.69, 9.17) is 9.97 Å². The summed E-state index contributed by atoms with van der Waals surface area (Å²) in [6.07, 6.45) is 15.4. The van der Waals surface area contributed by atoms with Crippen molar-refractivity contribution in [1.82, 2.24) is 19.1 Å². The zero-order chi connectivity index (χ0) is 36.7. The fraction of sp³-hybridized carbons (Fsp3) is 0.0769. The quantitative estimate of drug-likeness (QED) is 0.182. The van der Waals surface area contributed by atoms with Gasteiger partial charge in [0.1, 0.15) is 0 Å². The number of hydrogen-bond donors (Lipinski definition) is 0. The lowest BCUT2D eigenvalue weighted by Crippen LogP contribution is -2.08. The van der Waals surface area contributed by atoms with E-state index in [0.29, 0.717) is 0 Å². The lowest BCUT2D eigenvalue weighted by Gasteiger charge is -2.22. The van der Waals surface area contributed by atoms with E-state index in [9.17, 15) is 0 Å². The highest BCUT2D eigenvalue weighted by atomic mass is 15.0. The second-order valence-corrected chi connectivity index (χ2v) is 15.1. The molecule has 2 aliphatic rings. The molecule has 2 aliphatic carbocycles. The van der Waals surface area contributed by atoms with Crippen molar-refractivity contribution in [3.05, 3.63) is 180 Å². The topological polar surface area (TPSA) is 35.6 Å². The molecule has 0 bridgehead atoms. The van der Waals surface area contributed by atoms with Crippen molar-refractivity contribution in [3.63, 3.8) is 0 Å². The van der Waals surface area contributed by atoms with Gasteiger partial charge in [-0.1, -0.05) is 109 Å². The number of hydrogen-bond acceptors (Lipinski definition) is 2. The number of aromatic nitrogens is 4. The number of fused-ring (bicyclic) bond motifs is 12. The van der Waals surface area contributed by atoms with E-state index in [2.05, 4.69) is 173 Å². The smallest absolute Gasteiger partial charge is 0.0975 e. The lowest BCUT2D eigenvalue weighted by atomic mass is 9.84. The maximum absolute atomic E-state index is 5.38. The highest BCUT2D eigenvalue weighted by Crippen LogP contribution is 2.42. The normalized spacial score (nSPS) is 13.6. The second kappa shape index (κ2) is 12.2. The minimum atomic E-state index is 0.893. The Balaban J connectivity index is 1.03. The molecule has 4 heteroatoms. The Morgan fingerprint density at radius 1 is 0.464 bits per heavy atom. The van der Waals surface area contributed by atoms with Gasteiger partial charge >= 0.3 is 0 Å². The third-order valence-corrected chi connectivity index (χ3v) is 12.1. The Hall–Kier alpha value is -7.04. The molecular weight excluding hydrogens is 681 g/mol. The average Bonchev–Trinajstić information content (AvgIpc) is 3.79. The maximum Gasteiger partial charge on any atom is 0.0975 e. The molecule has 0 atom stereocenters. The molecule has 0 N–H and O–H groups in total. The van der Waals surface area contributed by atoms with Crippen LogP contribution >= 0.6 is 0 Å². The average molecular weight is 717 g/mol. The van der Waals surface area contributed by atoms with Gasteiger partial charge < -0.3 is 9.13 Å². The summed E-state index contributed by atoms with van der Waals surface area (Å²) in [7, 11) is 0. The molecule has 12 rings (SSSR count). The Bertz CT molecular complexity index is 3300. The van der Waals surface area contributed by atoms with Crippen LogP contribution in [0.3, 0.4) is 0 Å². The first-order valence-corrected chi connectivity index (χ1v) is 19.7. The molecule has 7 aromatic carbocycles. The summed E-state index contributed by atoms with van der Waals surface area (Å²) >= 11 is 0. The minimum absolute atomic E-state index is 0.893. The van der Waals surface area contributed by atoms with Crippen LogP contribution in [0.1, 0.15) is 35.1 Å². The molecule has 0 amide bonds. The van der Waals surface area contributed by atoms with E-state index in [0.717, 1.165) is 53.7 Å². The van der Waals surface area contributed by atoms with Gasteiger partial charge in [0, 0.05) is 49.6 Å². The summed E-state index contributed by atoms with van der Waals surface area (Å²) < 4.78 is 4.79. The minimum Gasteiger partial charge on any atom is -0.309 e. The molecule has 264 valence electrons. The largest absolute Gasteiger partial charge is 0.309 e. The molecule has 0 unspecified atom stereocenters. The molecule has 0 saturated heterocycles. The summed E-state index contributed by atoms with van der Waals surface area (Å²) in [5.74, 6) is 0. The summed E-state index contributed by atoms with van der Waals surface area (Å²) in [5.41, 5.74) is 18.9. The van der Waals surface area contributed by atoms with E-state index >= 15 is 0 Å².